The third-order valence-corrected chi connectivity index (χ3v) is 0.713. The van der Waals surface area contributed by atoms with E-state index in [1.807, 2.05) is 0 Å². The van der Waals surface area contributed by atoms with Crippen molar-refractivity contribution in [3.63, 3.8) is 0 Å². The molecule has 5 heteroatoms. The van der Waals surface area contributed by atoms with Crippen molar-refractivity contribution in [1.82, 2.24) is 0 Å². The Morgan fingerprint density at radius 2 is 2.00 bits per heavy atom. The van der Waals surface area contributed by atoms with E-state index in [2.05, 4.69) is 4.74 Å². The van der Waals surface area contributed by atoms with Crippen molar-refractivity contribution in [2.75, 3.05) is 6.61 Å². The van der Waals surface area contributed by atoms with Crippen molar-refractivity contribution in [3.8, 4) is 0 Å². The van der Waals surface area contributed by atoms with Crippen molar-refractivity contribution in [1.29, 1.82) is 0 Å². The van der Waals surface area contributed by atoms with Crippen LogP contribution >= 0.6 is 0 Å². The van der Waals surface area contributed by atoms with Crippen LogP contribution in [0, 0.1) is 0 Å². The van der Waals surface area contributed by atoms with Crippen LogP contribution < -0.4 is 0 Å². The maximum atomic E-state index is 11.8. The monoisotopic (exact) mass is 154 g/mol. The maximum Gasteiger partial charge on any atom is 0.301 e. The number of halogens is 3. The maximum absolute atomic E-state index is 11.8. The summed E-state index contributed by atoms with van der Waals surface area (Å²) in [7, 11) is 0. The van der Waals surface area contributed by atoms with E-state index in [1.54, 1.807) is 0 Å². The zero-order valence-corrected chi connectivity index (χ0v) is 4.94. The van der Waals surface area contributed by atoms with E-state index in [0.717, 1.165) is 0 Å². The van der Waals surface area contributed by atoms with Gasteiger partial charge in [-0.15, -0.1) is 0 Å². The summed E-state index contributed by atoms with van der Waals surface area (Å²) in [5.74, 6) is -1.54. The Hall–Kier alpha value is -1.00. The number of rotatable bonds is 4. The minimum absolute atomic E-state index is 0.0728. The lowest BCUT2D eigenvalue weighted by Gasteiger charge is -1.93. The molecule has 0 radical (unpaired) electrons. The first-order chi connectivity index (χ1) is 4.68. The van der Waals surface area contributed by atoms with Crippen LogP contribution in [0.3, 0.4) is 0 Å². The minimum atomic E-state index is -2.37. The Balaban J connectivity index is 3.49. The Morgan fingerprint density at radius 3 is 2.40 bits per heavy atom. The second-order valence-electron chi connectivity index (χ2n) is 1.38. The highest BCUT2D eigenvalue weighted by molar-refractivity contribution is 5.36. The molecule has 58 valence electrons. The summed E-state index contributed by atoms with van der Waals surface area (Å²) in [5.41, 5.74) is 0. The largest absolute Gasteiger partial charge is 0.467 e. The van der Waals surface area contributed by atoms with Crippen LogP contribution in [0.15, 0.2) is 11.9 Å². The Morgan fingerprint density at radius 1 is 1.40 bits per heavy atom. The van der Waals surface area contributed by atoms with Crippen molar-refractivity contribution in [2.45, 2.75) is 6.42 Å². The summed E-state index contributed by atoms with van der Waals surface area (Å²) >= 11 is 0. The predicted molar refractivity (Wildman–Crippen MR) is 27.0 cm³/mol. The van der Waals surface area contributed by atoms with Gasteiger partial charge in [0.2, 0.25) is 0 Å². The van der Waals surface area contributed by atoms with Gasteiger partial charge in [-0.1, -0.05) is 0 Å². The van der Waals surface area contributed by atoms with Gasteiger partial charge in [0.05, 0.1) is 6.61 Å². The third-order valence-electron chi connectivity index (χ3n) is 0.713. The van der Waals surface area contributed by atoms with E-state index >= 15 is 0 Å². The van der Waals surface area contributed by atoms with Crippen LogP contribution in [0.25, 0.3) is 0 Å². The number of ether oxygens (including phenoxy) is 1. The van der Waals surface area contributed by atoms with Gasteiger partial charge in [-0.3, -0.25) is 4.79 Å². The van der Waals surface area contributed by atoms with Crippen LogP contribution in [-0.2, 0) is 9.53 Å². The summed E-state index contributed by atoms with van der Waals surface area (Å²) < 4.78 is 38.2. The molecule has 0 bridgehead atoms. The van der Waals surface area contributed by atoms with Crippen LogP contribution in [0.2, 0.25) is 0 Å². The molecule has 0 aromatic carbocycles. The highest BCUT2D eigenvalue weighted by atomic mass is 19.3. The molecule has 0 aromatic rings. The molecule has 0 aliphatic heterocycles. The molecule has 2 nitrogen and oxygen atoms in total. The fourth-order valence-corrected chi connectivity index (χ4v) is 0.291. The first-order valence-electron chi connectivity index (χ1n) is 2.43. The first-order valence-corrected chi connectivity index (χ1v) is 2.43. The summed E-state index contributed by atoms with van der Waals surface area (Å²) in [6, 6.07) is 0. The molecule has 0 saturated carbocycles. The number of carbonyl (C=O) groups is 1. The molecule has 0 saturated heterocycles. The highest BCUT2D eigenvalue weighted by Crippen LogP contribution is 2.12. The summed E-state index contributed by atoms with van der Waals surface area (Å²) in [6.45, 7) is -0.282. The van der Waals surface area contributed by atoms with Crippen LogP contribution in [-0.4, -0.2) is 13.1 Å². The molecule has 0 N–H and O–H groups in total. The molecule has 10 heavy (non-hydrogen) atoms. The molecule has 0 aliphatic rings. The minimum Gasteiger partial charge on any atom is -0.467 e. The molecular weight excluding hydrogens is 149 g/mol. The highest BCUT2D eigenvalue weighted by Gasteiger charge is 2.03. The standard InChI is InChI=1S/C5H5F3O2/c6-4(5(7)8)1-2-10-3-9/h3H,1-2H2. The Bertz CT molecular complexity index is 140. The van der Waals surface area contributed by atoms with Crippen LogP contribution in [0.5, 0.6) is 0 Å². The first kappa shape index (κ1) is 9.00. The van der Waals surface area contributed by atoms with E-state index in [0.29, 0.717) is 0 Å². The van der Waals surface area contributed by atoms with Gasteiger partial charge in [-0.05, 0) is 0 Å². The molecule has 0 unspecified atom stereocenters. The van der Waals surface area contributed by atoms with Crippen molar-refractivity contribution in [3.05, 3.63) is 11.9 Å². The van der Waals surface area contributed by atoms with Gasteiger partial charge < -0.3 is 4.74 Å². The van der Waals surface area contributed by atoms with Gasteiger partial charge in [0.15, 0.2) is 5.83 Å². The zero-order valence-electron chi connectivity index (χ0n) is 4.94. The topological polar surface area (TPSA) is 26.3 Å². The summed E-state index contributed by atoms with van der Waals surface area (Å²) in [6.07, 6.45) is -2.93. The lowest BCUT2D eigenvalue weighted by molar-refractivity contribution is -0.128. The molecule has 0 atom stereocenters. The lowest BCUT2D eigenvalue weighted by Crippen LogP contribution is -1.91. The molecule has 0 fully saturated rings. The average molecular weight is 154 g/mol. The van der Waals surface area contributed by atoms with Gasteiger partial charge in [0.25, 0.3) is 6.47 Å². The smallest absolute Gasteiger partial charge is 0.301 e. The normalized spacial score (nSPS) is 8.70. The third kappa shape index (κ3) is 3.94. The van der Waals surface area contributed by atoms with E-state index < -0.39 is 18.3 Å². The Labute approximate surface area is 55.3 Å². The fourth-order valence-electron chi connectivity index (χ4n) is 0.291. The molecule has 0 heterocycles. The second kappa shape index (κ2) is 4.84. The molecule has 0 aliphatic carbocycles. The zero-order chi connectivity index (χ0) is 7.98. The van der Waals surface area contributed by atoms with Gasteiger partial charge >= 0.3 is 6.08 Å². The number of carbonyl (C=O) groups excluding carboxylic acids is 1. The molecule has 0 aromatic heterocycles. The SMILES string of the molecule is O=COCCC(F)=C(F)F. The van der Waals surface area contributed by atoms with Gasteiger partial charge in [0.1, 0.15) is 0 Å². The number of hydrogen-bond donors (Lipinski definition) is 0. The average Bonchev–Trinajstić information content (AvgIpc) is 1.88. The Kier molecular flexibility index (Phi) is 4.36. The van der Waals surface area contributed by atoms with Crippen LogP contribution in [0.4, 0.5) is 13.2 Å². The summed E-state index contributed by atoms with van der Waals surface area (Å²) in [4.78, 5) is 9.41. The molecule has 0 amide bonds. The van der Waals surface area contributed by atoms with Gasteiger partial charge in [0, 0.05) is 6.42 Å². The molecular formula is C5H5F3O2. The van der Waals surface area contributed by atoms with Crippen molar-refractivity contribution in [2.24, 2.45) is 0 Å². The predicted octanol–water partition coefficient (Wildman–Crippen LogP) is 1.63. The summed E-state index contributed by atoms with van der Waals surface area (Å²) in [5, 5.41) is 0. The fraction of sp³-hybridized carbons (Fsp3) is 0.400. The lowest BCUT2D eigenvalue weighted by atomic mass is 10.4. The van der Waals surface area contributed by atoms with Gasteiger partial charge in [-0.2, -0.15) is 8.78 Å². The van der Waals surface area contributed by atoms with E-state index in [9.17, 15) is 18.0 Å². The molecule has 0 rings (SSSR count). The van der Waals surface area contributed by atoms with Crippen molar-refractivity contribution >= 4 is 6.47 Å². The van der Waals surface area contributed by atoms with E-state index in [1.165, 1.54) is 0 Å². The quantitative estimate of drug-likeness (QED) is 0.454. The number of hydrogen-bond acceptors (Lipinski definition) is 2. The van der Waals surface area contributed by atoms with E-state index in [4.69, 9.17) is 0 Å². The molecule has 0 spiro atoms. The van der Waals surface area contributed by atoms with Crippen LogP contribution in [0.1, 0.15) is 6.42 Å². The second-order valence-corrected chi connectivity index (χ2v) is 1.38. The van der Waals surface area contributed by atoms with E-state index in [-0.39, 0.29) is 13.1 Å². The van der Waals surface area contributed by atoms with Crippen molar-refractivity contribution < 1.29 is 22.7 Å². The van der Waals surface area contributed by atoms with Gasteiger partial charge in [-0.25, -0.2) is 4.39 Å².